The Morgan fingerprint density at radius 3 is 1.18 bits per heavy atom. The average Bonchev–Trinajstić information content (AvgIpc) is 2.72. The lowest BCUT2D eigenvalue weighted by Gasteiger charge is -2.26. The molecule has 2 rings (SSSR count). The van der Waals surface area contributed by atoms with E-state index in [1.165, 1.54) is 0 Å². The zero-order chi connectivity index (χ0) is 24.8. The number of rotatable bonds is 12. The lowest BCUT2D eigenvalue weighted by molar-refractivity contribution is 0.383. The fraction of sp³-hybridized carbons (Fsp3) is 0.500. The van der Waals surface area contributed by atoms with Crippen molar-refractivity contribution in [3.8, 4) is 0 Å². The van der Waals surface area contributed by atoms with Gasteiger partial charge >= 0.3 is 0 Å². The summed E-state index contributed by atoms with van der Waals surface area (Å²) in [7, 11) is -7.32. The summed E-state index contributed by atoms with van der Waals surface area (Å²) in [6.07, 6.45) is 0. The van der Waals surface area contributed by atoms with Crippen LogP contribution in [0.15, 0.2) is 58.3 Å². The van der Waals surface area contributed by atoms with Gasteiger partial charge in [0.25, 0.3) is 0 Å². The molecule has 0 bridgehead atoms. The Morgan fingerprint density at radius 2 is 0.909 bits per heavy atom. The molecule has 2 aromatic rings. The van der Waals surface area contributed by atoms with Crippen molar-refractivity contribution in [1.82, 2.24) is 14.8 Å². The van der Waals surface area contributed by atoms with Crippen molar-refractivity contribution in [1.29, 1.82) is 0 Å². The predicted molar refractivity (Wildman–Crippen MR) is 133 cm³/mol. The van der Waals surface area contributed by atoms with Gasteiger partial charge in [-0.1, -0.05) is 63.1 Å². The Morgan fingerprint density at radius 1 is 0.606 bits per heavy atom. The van der Waals surface area contributed by atoms with Crippen LogP contribution in [0.5, 0.6) is 0 Å². The van der Waals surface area contributed by atoms with Crippen LogP contribution in [0.25, 0.3) is 0 Å². The van der Waals surface area contributed by atoms with Gasteiger partial charge in [0.2, 0.25) is 20.0 Å². The molecule has 33 heavy (non-hydrogen) atoms. The standard InChI is InChI=1S/C24H37N3O4S2/c1-17(2)23(26-32(28,29)21-11-7-19(5)8-12-21)15-25-16-24(18(3)4)27-33(30,31)22-13-9-20(6)10-14-22/h7-14,17-18,23-27H,15-16H2,1-6H3/t23-,24-/m1/s1. The Labute approximate surface area is 199 Å². The lowest BCUT2D eigenvalue weighted by atomic mass is 10.0. The van der Waals surface area contributed by atoms with E-state index in [0.29, 0.717) is 13.1 Å². The fourth-order valence-electron chi connectivity index (χ4n) is 3.19. The Kier molecular flexibility index (Phi) is 9.63. The van der Waals surface area contributed by atoms with Crippen LogP contribution in [0.3, 0.4) is 0 Å². The fourth-order valence-corrected chi connectivity index (χ4v) is 5.96. The van der Waals surface area contributed by atoms with Gasteiger partial charge in [0.1, 0.15) is 0 Å². The Hall–Kier alpha value is -1.78. The summed E-state index contributed by atoms with van der Waals surface area (Å²) in [6, 6.07) is 12.8. The lowest BCUT2D eigenvalue weighted by Crippen LogP contribution is -2.50. The van der Waals surface area contributed by atoms with Crippen molar-refractivity contribution < 1.29 is 16.8 Å². The number of sulfonamides is 2. The zero-order valence-electron chi connectivity index (χ0n) is 20.3. The number of benzene rings is 2. The summed E-state index contributed by atoms with van der Waals surface area (Å²) in [5, 5.41) is 3.26. The van der Waals surface area contributed by atoms with E-state index >= 15 is 0 Å². The van der Waals surface area contributed by atoms with Gasteiger partial charge in [0.15, 0.2) is 0 Å². The van der Waals surface area contributed by atoms with Gasteiger partial charge in [0.05, 0.1) is 9.79 Å². The maximum Gasteiger partial charge on any atom is 0.240 e. The molecule has 0 spiro atoms. The predicted octanol–water partition coefficient (Wildman–Crippen LogP) is 3.20. The maximum atomic E-state index is 12.8. The minimum absolute atomic E-state index is 0.0412. The third kappa shape index (κ3) is 8.19. The summed E-state index contributed by atoms with van der Waals surface area (Å²) in [6.45, 7) is 12.4. The average molecular weight is 496 g/mol. The number of nitrogens with one attached hydrogen (secondary N) is 3. The summed E-state index contributed by atoms with van der Waals surface area (Å²) in [5.41, 5.74) is 1.98. The zero-order valence-corrected chi connectivity index (χ0v) is 21.9. The summed E-state index contributed by atoms with van der Waals surface area (Å²) in [4.78, 5) is 0.453. The van der Waals surface area contributed by atoms with Crippen LogP contribution >= 0.6 is 0 Å². The molecule has 2 aromatic carbocycles. The van der Waals surface area contributed by atoms with Gasteiger partial charge in [0, 0.05) is 25.2 Å². The van der Waals surface area contributed by atoms with E-state index in [4.69, 9.17) is 0 Å². The highest BCUT2D eigenvalue weighted by Gasteiger charge is 2.25. The van der Waals surface area contributed by atoms with E-state index in [-0.39, 0.29) is 33.7 Å². The van der Waals surface area contributed by atoms with E-state index < -0.39 is 20.0 Å². The van der Waals surface area contributed by atoms with E-state index in [1.54, 1.807) is 48.5 Å². The molecule has 0 aromatic heterocycles. The molecule has 9 heteroatoms. The number of hydrogen-bond donors (Lipinski definition) is 3. The third-order valence-electron chi connectivity index (χ3n) is 5.61. The van der Waals surface area contributed by atoms with Crippen molar-refractivity contribution in [3.05, 3.63) is 59.7 Å². The summed E-state index contributed by atoms with van der Waals surface area (Å²) < 4.78 is 56.8. The first-order valence-corrected chi connectivity index (χ1v) is 14.2. The van der Waals surface area contributed by atoms with Crippen molar-refractivity contribution in [2.24, 2.45) is 11.8 Å². The summed E-state index contributed by atoms with van der Waals surface area (Å²) in [5.74, 6) is 0.0824. The highest BCUT2D eigenvalue weighted by molar-refractivity contribution is 7.89. The first-order chi connectivity index (χ1) is 15.3. The molecule has 0 amide bonds. The third-order valence-corrected chi connectivity index (χ3v) is 8.63. The quantitative estimate of drug-likeness (QED) is 0.419. The van der Waals surface area contributed by atoms with Crippen LogP contribution in [-0.2, 0) is 20.0 Å². The van der Waals surface area contributed by atoms with Gasteiger partial charge in [-0.25, -0.2) is 26.3 Å². The molecule has 3 N–H and O–H groups in total. The highest BCUT2D eigenvalue weighted by Crippen LogP contribution is 2.14. The second-order valence-electron chi connectivity index (χ2n) is 9.23. The maximum absolute atomic E-state index is 12.8. The molecule has 0 saturated carbocycles. The Balaban J connectivity index is 2.03. The molecule has 0 fully saturated rings. The topological polar surface area (TPSA) is 104 Å². The molecule has 0 aliphatic heterocycles. The highest BCUT2D eigenvalue weighted by atomic mass is 32.2. The van der Waals surface area contributed by atoms with Gasteiger partial charge in [-0.2, -0.15) is 0 Å². The molecule has 0 saturated heterocycles. The molecule has 0 aliphatic carbocycles. The van der Waals surface area contributed by atoms with Gasteiger partial charge < -0.3 is 5.32 Å². The van der Waals surface area contributed by atoms with Crippen molar-refractivity contribution in [2.45, 2.75) is 63.4 Å². The molecule has 7 nitrogen and oxygen atoms in total. The van der Waals surface area contributed by atoms with Crippen molar-refractivity contribution in [2.75, 3.05) is 13.1 Å². The molecular formula is C24H37N3O4S2. The monoisotopic (exact) mass is 495 g/mol. The first-order valence-electron chi connectivity index (χ1n) is 11.2. The smallest absolute Gasteiger partial charge is 0.240 e. The van der Waals surface area contributed by atoms with E-state index in [2.05, 4.69) is 14.8 Å². The second kappa shape index (κ2) is 11.6. The number of aryl methyl sites for hydroxylation is 2. The number of hydrogen-bond acceptors (Lipinski definition) is 5. The molecule has 2 atom stereocenters. The molecule has 0 aliphatic rings. The molecule has 0 unspecified atom stereocenters. The van der Waals surface area contributed by atoms with Gasteiger partial charge in [-0.15, -0.1) is 0 Å². The first kappa shape index (κ1) is 27.5. The minimum Gasteiger partial charge on any atom is -0.314 e. The molecule has 0 heterocycles. The normalized spacial score (nSPS) is 14.5. The van der Waals surface area contributed by atoms with E-state index in [0.717, 1.165) is 11.1 Å². The molecule has 0 radical (unpaired) electrons. The molecular weight excluding hydrogens is 458 g/mol. The van der Waals surface area contributed by atoms with Crippen LogP contribution in [-0.4, -0.2) is 42.0 Å². The largest absolute Gasteiger partial charge is 0.314 e. The van der Waals surface area contributed by atoms with Crippen LogP contribution in [0.2, 0.25) is 0 Å². The molecule has 184 valence electrons. The van der Waals surface area contributed by atoms with Crippen LogP contribution < -0.4 is 14.8 Å². The van der Waals surface area contributed by atoms with Crippen LogP contribution in [0.1, 0.15) is 38.8 Å². The SMILES string of the molecule is Cc1ccc(S(=O)(=O)N[C@H](CNC[C@@H](NS(=O)(=O)c2ccc(C)cc2)C(C)C)C(C)C)cc1. The van der Waals surface area contributed by atoms with E-state index in [1.807, 2.05) is 41.5 Å². The van der Waals surface area contributed by atoms with Crippen LogP contribution in [0.4, 0.5) is 0 Å². The van der Waals surface area contributed by atoms with Gasteiger partial charge in [-0.05, 0) is 49.9 Å². The summed E-state index contributed by atoms with van der Waals surface area (Å²) >= 11 is 0. The van der Waals surface area contributed by atoms with Crippen molar-refractivity contribution in [3.63, 3.8) is 0 Å². The van der Waals surface area contributed by atoms with Gasteiger partial charge in [-0.3, -0.25) is 0 Å². The Bertz CT molecular complexity index is 1010. The second-order valence-corrected chi connectivity index (χ2v) is 12.7. The van der Waals surface area contributed by atoms with Crippen LogP contribution in [0, 0.1) is 25.7 Å². The minimum atomic E-state index is -3.66. The van der Waals surface area contributed by atoms with Crippen molar-refractivity contribution >= 4 is 20.0 Å². The van der Waals surface area contributed by atoms with E-state index in [9.17, 15) is 16.8 Å².